The van der Waals surface area contributed by atoms with Crippen LogP contribution in [0.15, 0.2) is 29.3 Å². The first-order valence-corrected chi connectivity index (χ1v) is 12.5. The van der Waals surface area contributed by atoms with E-state index in [2.05, 4.69) is 56.7 Å². The molecule has 30 heavy (non-hydrogen) atoms. The second-order valence-electron chi connectivity index (χ2n) is 8.19. The summed E-state index contributed by atoms with van der Waals surface area (Å²) in [7, 11) is -0.702. The zero-order valence-electron chi connectivity index (χ0n) is 18.1. The van der Waals surface area contributed by atoms with E-state index < -0.39 is 9.84 Å². The van der Waals surface area contributed by atoms with Gasteiger partial charge in [-0.3, -0.25) is 4.90 Å². The molecule has 7 nitrogen and oxygen atoms in total. The number of aliphatic imine (C=N–C) groups is 1. The minimum absolute atomic E-state index is 0. The van der Waals surface area contributed by atoms with Gasteiger partial charge in [0.2, 0.25) is 0 Å². The van der Waals surface area contributed by atoms with E-state index in [0.29, 0.717) is 18.9 Å². The van der Waals surface area contributed by atoms with Crippen LogP contribution in [0.1, 0.15) is 30.9 Å². The number of nitrogens with one attached hydrogen (secondary N) is 2. The first kappa shape index (κ1) is 25.4. The Hall–Kier alpha value is -0.910. The van der Waals surface area contributed by atoms with Crippen molar-refractivity contribution in [3.63, 3.8) is 0 Å². The van der Waals surface area contributed by atoms with Gasteiger partial charge in [-0.25, -0.2) is 13.4 Å². The third kappa shape index (κ3) is 8.32. The maximum absolute atomic E-state index is 11.7. The Morgan fingerprint density at radius 2 is 1.87 bits per heavy atom. The van der Waals surface area contributed by atoms with E-state index in [4.69, 9.17) is 0 Å². The van der Waals surface area contributed by atoms with Gasteiger partial charge in [-0.05, 0) is 51.0 Å². The Labute approximate surface area is 198 Å². The molecule has 1 aromatic rings. The molecule has 0 saturated carbocycles. The van der Waals surface area contributed by atoms with Gasteiger partial charge in [-0.1, -0.05) is 24.3 Å². The van der Waals surface area contributed by atoms with Crippen LogP contribution in [0.25, 0.3) is 0 Å². The molecule has 1 aromatic carbocycles. The van der Waals surface area contributed by atoms with Gasteiger partial charge >= 0.3 is 0 Å². The van der Waals surface area contributed by atoms with Gasteiger partial charge < -0.3 is 15.5 Å². The Balaban J connectivity index is 0.00000320. The zero-order chi connectivity index (χ0) is 20.7. The lowest BCUT2D eigenvalue weighted by Crippen LogP contribution is -2.44. The fraction of sp³-hybridized carbons (Fsp3) is 0.667. The highest BCUT2D eigenvalue weighted by atomic mass is 127. The first-order valence-electron chi connectivity index (χ1n) is 10.7. The minimum Gasteiger partial charge on any atom is -0.357 e. The molecule has 0 bridgehead atoms. The Morgan fingerprint density at radius 1 is 1.13 bits per heavy atom. The van der Waals surface area contributed by atoms with Crippen molar-refractivity contribution in [2.75, 3.05) is 51.3 Å². The Bertz CT molecular complexity index is 785. The molecule has 0 spiro atoms. The van der Waals surface area contributed by atoms with E-state index in [-0.39, 0.29) is 41.5 Å². The molecule has 0 radical (unpaired) electrons. The van der Waals surface area contributed by atoms with E-state index in [1.165, 1.54) is 18.5 Å². The summed E-state index contributed by atoms with van der Waals surface area (Å²) in [5, 5.41) is 6.48. The lowest BCUT2D eigenvalue weighted by Gasteiger charge is -2.20. The summed E-state index contributed by atoms with van der Waals surface area (Å²) in [4.78, 5) is 9.57. The molecule has 2 aliphatic heterocycles. The number of nitrogens with zero attached hydrogens (tertiary/aromatic N) is 3. The molecule has 3 rings (SSSR count). The summed E-state index contributed by atoms with van der Waals surface area (Å²) < 4.78 is 23.3. The van der Waals surface area contributed by atoms with Crippen LogP contribution in [0.5, 0.6) is 0 Å². The van der Waals surface area contributed by atoms with E-state index in [1.54, 1.807) is 0 Å². The second kappa shape index (κ2) is 12.2. The summed E-state index contributed by atoms with van der Waals surface area (Å²) >= 11 is 0. The van der Waals surface area contributed by atoms with Crippen molar-refractivity contribution < 1.29 is 8.42 Å². The predicted octanol–water partition coefficient (Wildman–Crippen LogP) is 1.68. The molecule has 2 fully saturated rings. The zero-order valence-corrected chi connectivity index (χ0v) is 21.3. The topological polar surface area (TPSA) is 77.0 Å². The van der Waals surface area contributed by atoms with Crippen molar-refractivity contribution in [3.05, 3.63) is 35.4 Å². The maximum atomic E-state index is 11.7. The monoisotopic (exact) mass is 549 g/mol. The van der Waals surface area contributed by atoms with Gasteiger partial charge in [0.25, 0.3) is 0 Å². The highest BCUT2D eigenvalue weighted by Crippen LogP contribution is 2.12. The number of benzene rings is 1. The van der Waals surface area contributed by atoms with Crippen LogP contribution in [0.2, 0.25) is 0 Å². The van der Waals surface area contributed by atoms with E-state index >= 15 is 0 Å². The third-order valence-electron chi connectivity index (χ3n) is 5.58. The molecule has 2 heterocycles. The van der Waals surface area contributed by atoms with Gasteiger partial charge in [0.05, 0.1) is 18.1 Å². The van der Waals surface area contributed by atoms with Crippen molar-refractivity contribution >= 4 is 39.8 Å². The smallest absolute Gasteiger partial charge is 0.191 e. The summed E-state index contributed by atoms with van der Waals surface area (Å²) in [5.41, 5.74) is 2.49. The lowest BCUT2D eigenvalue weighted by molar-refractivity contribution is 0.269. The van der Waals surface area contributed by atoms with E-state index in [0.717, 1.165) is 38.3 Å². The van der Waals surface area contributed by atoms with Crippen LogP contribution < -0.4 is 10.6 Å². The predicted molar refractivity (Wildman–Crippen MR) is 134 cm³/mol. The number of likely N-dealkylation sites (N-methyl/N-ethyl adjacent to an activating group) is 1. The van der Waals surface area contributed by atoms with Gasteiger partial charge in [0.15, 0.2) is 15.8 Å². The molecule has 0 aliphatic carbocycles. The number of hydrogen-bond donors (Lipinski definition) is 2. The molecule has 1 unspecified atom stereocenters. The quantitative estimate of drug-likeness (QED) is 0.320. The van der Waals surface area contributed by atoms with Crippen LogP contribution in [-0.4, -0.2) is 81.5 Å². The molecule has 170 valence electrons. The summed E-state index contributed by atoms with van der Waals surface area (Å²) in [5.74, 6) is 1.14. The Kier molecular flexibility index (Phi) is 10.3. The van der Waals surface area contributed by atoms with E-state index in [1.807, 2.05) is 6.92 Å². The summed E-state index contributed by atoms with van der Waals surface area (Å²) in [6.07, 6.45) is 1.87. The standard InChI is InChI=1S/C21H35N5O2S.HI/c1-3-22-21(24-20-9-14-29(27,28)17-20)23-15-18-5-7-19(8-6-18)16-26-11-4-10-25(2)12-13-26;/h5-8,20H,3-4,9-17H2,1-2H3,(H2,22,23,24);1H. The maximum Gasteiger partial charge on any atom is 0.191 e. The number of sulfone groups is 1. The number of hydrogen-bond acceptors (Lipinski definition) is 5. The molecular formula is C21H36IN5O2S. The Morgan fingerprint density at radius 3 is 2.53 bits per heavy atom. The average molecular weight is 550 g/mol. The van der Waals surface area contributed by atoms with Gasteiger partial charge in [0, 0.05) is 32.2 Å². The normalized spacial score (nSPS) is 22.9. The third-order valence-corrected chi connectivity index (χ3v) is 7.35. The SMILES string of the molecule is CCNC(=NCc1ccc(CN2CCCN(C)CC2)cc1)NC1CCS(=O)(=O)C1.I. The summed E-state index contributed by atoms with van der Waals surface area (Å²) in [6, 6.07) is 8.64. The molecule has 0 aromatic heterocycles. The van der Waals surface area contributed by atoms with Crippen LogP contribution in [-0.2, 0) is 22.9 Å². The van der Waals surface area contributed by atoms with Crippen LogP contribution >= 0.6 is 24.0 Å². The van der Waals surface area contributed by atoms with E-state index in [9.17, 15) is 8.42 Å². The average Bonchev–Trinajstić information content (AvgIpc) is 2.89. The van der Waals surface area contributed by atoms with Gasteiger partial charge in [-0.2, -0.15) is 0 Å². The highest BCUT2D eigenvalue weighted by Gasteiger charge is 2.28. The first-order chi connectivity index (χ1) is 13.9. The fourth-order valence-electron chi connectivity index (χ4n) is 3.86. The molecular weight excluding hydrogens is 513 g/mol. The molecule has 2 aliphatic rings. The fourth-order valence-corrected chi connectivity index (χ4v) is 5.53. The molecule has 9 heteroatoms. The van der Waals surface area contributed by atoms with Gasteiger partial charge in [0.1, 0.15) is 0 Å². The molecule has 0 amide bonds. The van der Waals surface area contributed by atoms with Crippen LogP contribution in [0, 0.1) is 0 Å². The van der Waals surface area contributed by atoms with Crippen molar-refractivity contribution in [1.82, 2.24) is 20.4 Å². The molecule has 2 saturated heterocycles. The van der Waals surface area contributed by atoms with Gasteiger partial charge in [-0.15, -0.1) is 24.0 Å². The molecule has 2 N–H and O–H groups in total. The number of rotatable bonds is 6. The summed E-state index contributed by atoms with van der Waals surface area (Å²) in [6.45, 7) is 8.93. The van der Waals surface area contributed by atoms with Crippen LogP contribution in [0.4, 0.5) is 0 Å². The number of halogens is 1. The van der Waals surface area contributed by atoms with Crippen molar-refractivity contribution in [1.29, 1.82) is 0 Å². The van der Waals surface area contributed by atoms with Crippen molar-refractivity contribution in [2.45, 2.75) is 38.9 Å². The highest BCUT2D eigenvalue weighted by molar-refractivity contribution is 14.0. The minimum atomic E-state index is -2.90. The van der Waals surface area contributed by atoms with Crippen LogP contribution in [0.3, 0.4) is 0 Å². The largest absolute Gasteiger partial charge is 0.357 e. The van der Waals surface area contributed by atoms with Crippen molar-refractivity contribution in [3.8, 4) is 0 Å². The second-order valence-corrected chi connectivity index (χ2v) is 10.4. The lowest BCUT2D eigenvalue weighted by atomic mass is 10.1. The number of guanidine groups is 1. The van der Waals surface area contributed by atoms with Crippen molar-refractivity contribution in [2.24, 2.45) is 4.99 Å². The molecule has 1 atom stereocenters.